The molecule has 1 aliphatic heterocycles. The lowest BCUT2D eigenvalue weighted by molar-refractivity contribution is 0.111. The molecule has 0 aromatic carbocycles. The molecule has 2 rings (SSSR count). The summed E-state index contributed by atoms with van der Waals surface area (Å²) in [5.74, 6) is -0.0862. The van der Waals surface area contributed by atoms with Crippen molar-refractivity contribution in [3.8, 4) is 0 Å². The first kappa shape index (κ1) is 14.9. The molecule has 0 bridgehead atoms. The number of hydrogen-bond donors (Lipinski definition) is 0. The maximum atomic E-state index is 13.7. The summed E-state index contributed by atoms with van der Waals surface area (Å²) >= 11 is 0. The van der Waals surface area contributed by atoms with E-state index in [2.05, 4.69) is 21.8 Å². The molecule has 1 aliphatic rings. The predicted molar refractivity (Wildman–Crippen MR) is 76.8 cm³/mol. The van der Waals surface area contributed by atoms with E-state index in [1.807, 2.05) is 19.0 Å². The summed E-state index contributed by atoms with van der Waals surface area (Å²) in [4.78, 5) is 21.0. The number of carbonyl (C=O) groups excluding carboxylic acids is 1. The number of nitrogens with zero attached hydrogens (tertiary/aromatic N) is 4. The van der Waals surface area contributed by atoms with Crippen LogP contribution in [0.4, 0.5) is 10.2 Å². The van der Waals surface area contributed by atoms with Crippen molar-refractivity contribution in [1.29, 1.82) is 0 Å². The maximum Gasteiger partial charge on any atom is 0.168 e. The van der Waals surface area contributed by atoms with Gasteiger partial charge in [0.25, 0.3) is 0 Å². The van der Waals surface area contributed by atoms with Crippen LogP contribution < -0.4 is 4.90 Å². The Morgan fingerprint density at radius 3 is 2.65 bits per heavy atom. The highest BCUT2D eigenvalue weighted by atomic mass is 19.1. The van der Waals surface area contributed by atoms with Gasteiger partial charge in [0.05, 0.1) is 0 Å². The van der Waals surface area contributed by atoms with Gasteiger partial charge in [-0.25, -0.2) is 9.37 Å². The number of aldehydes is 1. The van der Waals surface area contributed by atoms with Gasteiger partial charge in [-0.2, -0.15) is 0 Å². The number of likely N-dealkylation sites (N-methyl/N-ethyl adjacent to an activating group) is 2. The number of rotatable bonds is 6. The van der Waals surface area contributed by atoms with Crippen molar-refractivity contribution in [2.45, 2.75) is 6.04 Å². The largest absolute Gasteiger partial charge is 0.351 e. The van der Waals surface area contributed by atoms with Gasteiger partial charge in [-0.05, 0) is 33.3 Å². The minimum atomic E-state index is -0.370. The van der Waals surface area contributed by atoms with Crippen molar-refractivity contribution in [1.82, 2.24) is 14.8 Å². The summed E-state index contributed by atoms with van der Waals surface area (Å²) < 4.78 is 13.7. The van der Waals surface area contributed by atoms with Gasteiger partial charge in [0.15, 0.2) is 17.9 Å². The number of aromatic nitrogens is 1. The molecule has 1 saturated heterocycles. The third-order valence-corrected chi connectivity index (χ3v) is 3.65. The Balaban J connectivity index is 1.91. The van der Waals surface area contributed by atoms with Gasteiger partial charge < -0.3 is 9.80 Å². The van der Waals surface area contributed by atoms with E-state index in [0.29, 0.717) is 12.3 Å². The van der Waals surface area contributed by atoms with Gasteiger partial charge in [-0.15, -0.1) is 0 Å². The molecule has 1 aromatic heterocycles. The first-order valence-electron chi connectivity index (χ1n) is 6.73. The zero-order valence-electron chi connectivity index (χ0n) is 12.2. The smallest absolute Gasteiger partial charge is 0.168 e. The molecule has 110 valence electrons. The molecule has 5 nitrogen and oxygen atoms in total. The van der Waals surface area contributed by atoms with Crippen molar-refractivity contribution in [3.05, 3.63) is 23.6 Å². The average molecular weight is 280 g/mol. The molecule has 0 spiro atoms. The summed E-state index contributed by atoms with van der Waals surface area (Å²) in [7, 11) is 6.17. The second-order valence-electron chi connectivity index (χ2n) is 5.50. The molecule has 0 atom stereocenters. The Morgan fingerprint density at radius 2 is 2.05 bits per heavy atom. The van der Waals surface area contributed by atoms with Crippen molar-refractivity contribution >= 4 is 12.1 Å². The Bertz CT molecular complexity index is 474. The highest BCUT2D eigenvalue weighted by molar-refractivity contribution is 5.72. The van der Waals surface area contributed by atoms with Crippen molar-refractivity contribution in [2.75, 3.05) is 52.2 Å². The summed E-state index contributed by atoms with van der Waals surface area (Å²) in [6, 6.07) is 3.11. The Morgan fingerprint density at radius 1 is 1.35 bits per heavy atom. The minimum absolute atomic E-state index is 0.269. The highest BCUT2D eigenvalue weighted by Gasteiger charge is 2.32. The number of hydrogen-bond acceptors (Lipinski definition) is 5. The summed E-state index contributed by atoms with van der Waals surface area (Å²) in [6.45, 7) is 3.47. The van der Waals surface area contributed by atoms with Gasteiger partial charge in [0.2, 0.25) is 0 Å². The fourth-order valence-corrected chi connectivity index (χ4v) is 2.18. The minimum Gasteiger partial charge on any atom is -0.351 e. The Kier molecular flexibility index (Phi) is 4.67. The topological polar surface area (TPSA) is 39.7 Å². The summed E-state index contributed by atoms with van der Waals surface area (Å²) in [6.07, 6.45) is 0.642. The molecule has 0 radical (unpaired) electrons. The molecule has 0 unspecified atom stereocenters. The van der Waals surface area contributed by atoms with Crippen molar-refractivity contribution < 1.29 is 9.18 Å². The number of pyridine rings is 1. The third-order valence-electron chi connectivity index (χ3n) is 3.65. The van der Waals surface area contributed by atoms with Crippen molar-refractivity contribution in [3.63, 3.8) is 0 Å². The normalized spacial score (nSPS) is 15.8. The molecular formula is C14H21FN4O. The molecule has 0 aliphatic carbocycles. The lowest BCUT2D eigenvalue weighted by atomic mass is 10.1. The molecule has 20 heavy (non-hydrogen) atoms. The Labute approximate surface area is 119 Å². The van der Waals surface area contributed by atoms with E-state index in [1.165, 1.54) is 12.1 Å². The summed E-state index contributed by atoms with van der Waals surface area (Å²) in [5, 5.41) is 0. The molecule has 0 amide bonds. The fraction of sp³-hybridized carbons (Fsp3) is 0.571. The van der Waals surface area contributed by atoms with Crippen LogP contribution in [0.1, 0.15) is 10.5 Å². The first-order valence-corrected chi connectivity index (χ1v) is 6.73. The molecule has 6 heteroatoms. The van der Waals surface area contributed by atoms with E-state index in [4.69, 9.17) is 0 Å². The van der Waals surface area contributed by atoms with Crippen LogP contribution in [0.25, 0.3) is 0 Å². The van der Waals surface area contributed by atoms with Crippen LogP contribution in [0.5, 0.6) is 0 Å². The SMILES string of the molecule is CN(C)CCN(C)C1CN(c2nc(C=O)ccc2F)C1. The molecule has 2 heterocycles. The maximum absolute atomic E-state index is 13.7. The molecular weight excluding hydrogens is 259 g/mol. The van der Waals surface area contributed by atoms with E-state index in [1.54, 1.807) is 0 Å². The van der Waals surface area contributed by atoms with Crippen LogP contribution in [-0.4, -0.2) is 74.4 Å². The molecule has 1 fully saturated rings. The second-order valence-corrected chi connectivity index (χ2v) is 5.50. The van der Waals surface area contributed by atoms with Gasteiger partial charge >= 0.3 is 0 Å². The number of halogens is 1. The average Bonchev–Trinajstić information content (AvgIpc) is 2.36. The van der Waals surface area contributed by atoms with Gasteiger partial charge in [-0.1, -0.05) is 0 Å². The van der Waals surface area contributed by atoms with E-state index in [0.717, 1.165) is 26.2 Å². The molecule has 0 saturated carbocycles. The van der Waals surface area contributed by atoms with E-state index in [-0.39, 0.29) is 17.3 Å². The fourth-order valence-electron chi connectivity index (χ4n) is 2.18. The molecule has 0 N–H and O–H groups in total. The van der Waals surface area contributed by atoms with E-state index < -0.39 is 0 Å². The van der Waals surface area contributed by atoms with Gasteiger partial charge in [-0.3, -0.25) is 9.69 Å². The zero-order valence-corrected chi connectivity index (χ0v) is 12.2. The van der Waals surface area contributed by atoms with Crippen LogP contribution in [0, 0.1) is 5.82 Å². The predicted octanol–water partition coefficient (Wildman–Crippen LogP) is 0.715. The third kappa shape index (κ3) is 3.32. The van der Waals surface area contributed by atoms with Crippen LogP contribution in [0.3, 0.4) is 0 Å². The standard InChI is InChI=1S/C14H21FN4O/c1-17(2)6-7-18(3)12-8-19(9-12)14-13(15)5-4-11(10-20)16-14/h4-5,10,12H,6-9H2,1-3H3. The highest BCUT2D eigenvalue weighted by Crippen LogP contribution is 2.24. The Hall–Kier alpha value is -1.53. The van der Waals surface area contributed by atoms with Crippen LogP contribution in [-0.2, 0) is 0 Å². The quantitative estimate of drug-likeness (QED) is 0.718. The number of carbonyl (C=O) groups is 1. The lowest BCUT2D eigenvalue weighted by Gasteiger charge is -2.45. The second kappa shape index (κ2) is 6.28. The summed E-state index contributed by atoms with van der Waals surface area (Å²) in [5.41, 5.74) is 0.269. The lowest BCUT2D eigenvalue weighted by Crippen LogP contribution is -2.59. The monoisotopic (exact) mass is 280 g/mol. The van der Waals surface area contributed by atoms with Crippen LogP contribution >= 0.6 is 0 Å². The zero-order chi connectivity index (χ0) is 14.7. The number of anilines is 1. The van der Waals surface area contributed by atoms with Crippen LogP contribution in [0.15, 0.2) is 12.1 Å². The van der Waals surface area contributed by atoms with Gasteiger partial charge in [0.1, 0.15) is 5.69 Å². The van der Waals surface area contributed by atoms with Crippen LogP contribution in [0.2, 0.25) is 0 Å². The van der Waals surface area contributed by atoms with Crippen molar-refractivity contribution in [2.24, 2.45) is 0 Å². The molecule has 1 aromatic rings. The first-order chi connectivity index (χ1) is 9.51. The van der Waals surface area contributed by atoms with E-state index >= 15 is 0 Å². The van der Waals surface area contributed by atoms with E-state index in [9.17, 15) is 9.18 Å². The van der Waals surface area contributed by atoms with Gasteiger partial charge in [0, 0.05) is 32.2 Å².